The summed E-state index contributed by atoms with van der Waals surface area (Å²) in [7, 11) is 1.65. The Morgan fingerprint density at radius 2 is 1.97 bits per heavy atom. The number of H-pyrrole nitrogens is 1. The van der Waals surface area contributed by atoms with Gasteiger partial charge in [0.1, 0.15) is 5.75 Å². The minimum absolute atomic E-state index is 0.183. The van der Waals surface area contributed by atoms with Crippen molar-refractivity contribution in [3.05, 3.63) is 77.4 Å². The summed E-state index contributed by atoms with van der Waals surface area (Å²) in [6.07, 6.45) is 0. The molecule has 30 heavy (non-hydrogen) atoms. The van der Waals surface area contributed by atoms with Gasteiger partial charge in [0.2, 0.25) is 0 Å². The Kier molecular flexibility index (Phi) is 5.63. The molecule has 7 heteroatoms. The van der Waals surface area contributed by atoms with E-state index in [9.17, 15) is 4.79 Å². The van der Waals surface area contributed by atoms with Gasteiger partial charge in [-0.05, 0) is 48.4 Å². The molecule has 4 aromatic rings. The molecule has 0 aliphatic carbocycles. The number of nitrogens with zero attached hydrogens (tertiary/aromatic N) is 1. The lowest BCUT2D eigenvalue weighted by Crippen LogP contribution is -2.13. The predicted octanol–water partition coefficient (Wildman–Crippen LogP) is 5.01. The number of imidazole rings is 1. The number of hydrogen-bond acceptors (Lipinski definition) is 5. The van der Waals surface area contributed by atoms with E-state index in [0.29, 0.717) is 16.9 Å². The SMILES string of the molecule is COc1ccc2nc(SCc3ccc(C(=O)Nc4cccc(C)c4N)cc3)[nH]c2c1. The third-order valence-electron chi connectivity index (χ3n) is 4.83. The molecule has 0 spiro atoms. The average Bonchev–Trinajstić information content (AvgIpc) is 3.18. The molecule has 0 aliphatic rings. The van der Waals surface area contributed by atoms with Crippen LogP contribution in [0.25, 0.3) is 11.0 Å². The second-order valence-electron chi connectivity index (χ2n) is 6.90. The molecule has 0 saturated heterocycles. The van der Waals surface area contributed by atoms with Crippen LogP contribution in [0.15, 0.2) is 65.8 Å². The van der Waals surface area contributed by atoms with E-state index in [1.54, 1.807) is 24.9 Å². The first-order chi connectivity index (χ1) is 14.5. The second kappa shape index (κ2) is 8.51. The zero-order chi connectivity index (χ0) is 21.1. The van der Waals surface area contributed by atoms with Crippen molar-refractivity contribution in [2.45, 2.75) is 17.8 Å². The molecule has 4 rings (SSSR count). The molecular weight excluding hydrogens is 396 g/mol. The van der Waals surface area contributed by atoms with Crippen molar-refractivity contribution in [1.29, 1.82) is 0 Å². The molecule has 3 aromatic carbocycles. The zero-order valence-corrected chi connectivity index (χ0v) is 17.5. The van der Waals surface area contributed by atoms with Gasteiger partial charge in [-0.2, -0.15) is 0 Å². The largest absolute Gasteiger partial charge is 0.497 e. The molecule has 0 bridgehead atoms. The fraction of sp³-hybridized carbons (Fsp3) is 0.130. The average molecular weight is 419 g/mol. The molecule has 152 valence electrons. The van der Waals surface area contributed by atoms with Crippen molar-refractivity contribution in [1.82, 2.24) is 9.97 Å². The van der Waals surface area contributed by atoms with Crippen LogP contribution >= 0.6 is 11.8 Å². The van der Waals surface area contributed by atoms with E-state index >= 15 is 0 Å². The molecular formula is C23H22N4O2S. The second-order valence-corrected chi connectivity index (χ2v) is 7.86. The number of benzene rings is 3. The summed E-state index contributed by atoms with van der Waals surface area (Å²) in [5.74, 6) is 1.35. The van der Waals surface area contributed by atoms with E-state index < -0.39 is 0 Å². The maximum atomic E-state index is 12.5. The van der Waals surface area contributed by atoms with Gasteiger partial charge in [-0.3, -0.25) is 4.79 Å². The Morgan fingerprint density at radius 3 is 2.73 bits per heavy atom. The molecule has 6 nitrogen and oxygen atoms in total. The van der Waals surface area contributed by atoms with E-state index in [2.05, 4.69) is 15.3 Å². The summed E-state index contributed by atoms with van der Waals surface area (Å²) < 4.78 is 5.25. The molecule has 0 saturated carbocycles. The van der Waals surface area contributed by atoms with E-state index in [0.717, 1.165) is 38.8 Å². The van der Waals surface area contributed by atoms with Gasteiger partial charge in [-0.1, -0.05) is 36.0 Å². The summed E-state index contributed by atoms with van der Waals surface area (Å²) >= 11 is 1.61. The van der Waals surface area contributed by atoms with E-state index in [1.165, 1.54) is 0 Å². The quantitative estimate of drug-likeness (QED) is 0.302. The Bertz CT molecular complexity index is 1200. The van der Waals surface area contributed by atoms with Crippen LogP contribution in [-0.2, 0) is 5.75 Å². The molecule has 0 fully saturated rings. The number of thioether (sulfide) groups is 1. The van der Waals surface area contributed by atoms with Crippen LogP contribution in [0.4, 0.5) is 11.4 Å². The Morgan fingerprint density at radius 1 is 1.17 bits per heavy atom. The van der Waals surface area contributed by atoms with Crippen LogP contribution in [0, 0.1) is 6.92 Å². The van der Waals surface area contributed by atoms with Gasteiger partial charge in [0.25, 0.3) is 5.91 Å². The minimum atomic E-state index is -0.183. The zero-order valence-electron chi connectivity index (χ0n) is 16.7. The number of nitrogen functional groups attached to an aromatic ring is 1. The van der Waals surface area contributed by atoms with Gasteiger partial charge in [0.05, 0.1) is 29.5 Å². The summed E-state index contributed by atoms with van der Waals surface area (Å²) in [4.78, 5) is 20.4. The molecule has 1 aromatic heterocycles. The van der Waals surface area contributed by atoms with E-state index in [1.807, 2.05) is 61.5 Å². The summed E-state index contributed by atoms with van der Waals surface area (Å²) in [5.41, 5.74) is 11.7. The first-order valence-corrected chi connectivity index (χ1v) is 10.4. The molecule has 4 N–H and O–H groups in total. The normalized spacial score (nSPS) is 10.9. The number of para-hydroxylation sites is 1. The van der Waals surface area contributed by atoms with E-state index in [4.69, 9.17) is 10.5 Å². The van der Waals surface area contributed by atoms with Gasteiger partial charge in [-0.25, -0.2) is 4.98 Å². The van der Waals surface area contributed by atoms with E-state index in [-0.39, 0.29) is 5.91 Å². The lowest BCUT2D eigenvalue weighted by Gasteiger charge is -2.10. The number of amides is 1. The van der Waals surface area contributed by atoms with Crippen molar-refractivity contribution in [3.8, 4) is 5.75 Å². The standard InChI is InChI=1S/C23H22N4O2S/c1-14-4-3-5-19(21(14)24)25-22(28)16-8-6-15(7-9-16)13-30-23-26-18-11-10-17(29-2)12-20(18)27-23/h3-12H,13,24H2,1-2H3,(H,25,28)(H,26,27). The van der Waals surface area contributed by atoms with Crippen molar-refractivity contribution in [2.75, 3.05) is 18.2 Å². The third-order valence-corrected chi connectivity index (χ3v) is 5.78. The number of carbonyl (C=O) groups is 1. The number of aromatic amines is 1. The summed E-state index contributed by atoms with van der Waals surface area (Å²) in [6, 6.07) is 18.9. The third kappa shape index (κ3) is 4.26. The monoisotopic (exact) mass is 418 g/mol. The number of rotatable bonds is 6. The van der Waals surface area contributed by atoms with Crippen molar-refractivity contribution in [3.63, 3.8) is 0 Å². The van der Waals surface area contributed by atoms with Gasteiger partial charge >= 0.3 is 0 Å². The molecule has 0 aliphatic heterocycles. The van der Waals surface area contributed by atoms with Gasteiger partial charge in [0.15, 0.2) is 5.16 Å². The number of ether oxygens (including phenoxy) is 1. The topological polar surface area (TPSA) is 93.0 Å². The van der Waals surface area contributed by atoms with Gasteiger partial charge in [0, 0.05) is 17.4 Å². The number of nitrogens with two attached hydrogens (primary N) is 1. The first-order valence-electron chi connectivity index (χ1n) is 9.45. The minimum Gasteiger partial charge on any atom is -0.497 e. The number of carbonyl (C=O) groups excluding carboxylic acids is 1. The highest BCUT2D eigenvalue weighted by Crippen LogP contribution is 2.26. The highest BCUT2D eigenvalue weighted by molar-refractivity contribution is 7.98. The van der Waals surface area contributed by atoms with Crippen LogP contribution in [0.1, 0.15) is 21.5 Å². The van der Waals surface area contributed by atoms with Crippen LogP contribution in [0.3, 0.4) is 0 Å². The summed E-state index contributed by atoms with van der Waals surface area (Å²) in [5, 5.41) is 3.72. The summed E-state index contributed by atoms with van der Waals surface area (Å²) in [6.45, 7) is 1.91. The Labute approximate surface area is 178 Å². The number of fused-ring (bicyclic) bond motifs is 1. The van der Waals surface area contributed by atoms with Gasteiger partial charge in [-0.15, -0.1) is 0 Å². The molecule has 0 atom stereocenters. The van der Waals surface area contributed by atoms with Crippen LogP contribution in [0.5, 0.6) is 5.75 Å². The highest BCUT2D eigenvalue weighted by Gasteiger charge is 2.10. The Hall–Kier alpha value is -3.45. The maximum absolute atomic E-state index is 12.5. The molecule has 1 amide bonds. The predicted molar refractivity (Wildman–Crippen MR) is 122 cm³/mol. The smallest absolute Gasteiger partial charge is 0.255 e. The molecule has 1 heterocycles. The Balaban J connectivity index is 1.40. The van der Waals surface area contributed by atoms with Crippen LogP contribution in [0.2, 0.25) is 0 Å². The number of aryl methyl sites for hydroxylation is 1. The lowest BCUT2D eigenvalue weighted by molar-refractivity contribution is 0.102. The number of methoxy groups -OCH3 is 1. The number of nitrogens with one attached hydrogen (secondary N) is 2. The van der Waals surface area contributed by atoms with Crippen molar-refractivity contribution >= 4 is 40.1 Å². The fourth-order valence-corrected chi connectivity index (χ4v) is 3.89. The highest BCUT2D eigenvalue weighted by atomic mass is 32.2. The lowest BCUT2D eigenvalue weighted by atomic mass is 10.1. The maximum Gasteiger partial charge on any atom is 0.255 e. The molecule has 0 unspecified atom stereocenters. The van der Waals surface area contributed by atoms with Crippen LogP contribution in [-0.4, -0.2) is 23.0 Å². The van der Waals surface area contributed by atoms with Crippen LogP contribution < -0.4 is 15.8 Å². The number of hydrogen-bond donors (Lipinski definition) is 3. The fourth-order valence-electron chi connectivity index (χ4n) is 3.05. The molecule has 0 radical (unpaired) electrons. The van der Waals surface area contributed by atoms with Crippen molar-refractivity contribution in [2.24, 2.45) is 0 Å². The number of anilines is 2. The van der Waals surface area contributed by atoms with Crippen molar-refractivity contribution < 1.29 is 9.53 Å². The number of aromatic nitrogens is 2. The van der Waals surface area contributed by atoms with Gasteiger partial charge < -0.3 is 20.8 Å². The first kappa shape index (κ1) is 19.8.